The molecular weight excluding hydrogens is 528 g/mol. The first-order valence-electron chi connectivity index (χ1n) is 15.5. The van der Waals surface area contributed by atoms with Crippen LogP contribution in [0, 0.1) is 10.8 Å². The van der Waals surface area contributed by atoms with Crippen LogP contribution >= 0.6 is 0 Å². The maximum absolute atomic E-state index is 12.6. The third kappa shape index (κ3) is 15.7. The van der Waals surface area contributed by atoms with Crippen molar-refractivity contribution in [2.45, 2.75) is 107 Å². The van der Waals surface area contributed by atoms with E-state index >= 15 is 0 Å². The predicted octanol–water partition coefficient (Wildman–Crippen LogP) is 10.4. The van der Waals surface area contributed by atoms with Crippen molar-refractivity contribution < 1.29 is 14.7 Å². The lowest BCUT2D eigenvalue weighted by molar-refractivity contribution is -0.123. The van der Waals surface area contributed by atoms with Crippen molar-refractivity contribution >= 4 is 11.6 Å². The summed E-state index contributed by atoms with van der Waals surface area (Å²) in [6, 6.07) is 0. The quantitative estimate of drug-likeness (QED) is 0.154. The standard InChI is InChI=1S/C40H56O3/c1-30(18-13-20-32(3)23-25-37-34(5)28-36(42)29-40(37,9)10)16-11-12-17-31(2)19-14-21-33(4)24-26-38(43)39(7,8)27-15-22-35(6)41/h11-14,16-21,23-26,36,42H,15,22,27-29H2,1-10H3/b12-11+,18-13+,19-14+,25-23+,26-24+,30-16+,31-17+,32-20-,33-21+. The molecule has 1 rings (SSSR count). The van der Waals surface area contributed by atoms with Gasteiger partial charge in [0.25, 0.3) is 0 Å². The van der Waals surface area contributed by atoms with Gasteiger partial charge in [-0.05, 0) is 84.3 Å². The summed E-state index contributed by atoms with van der Waals surface area (Å²) in [5.74, 6) is 0.256. The van der Waals surface area contributed by atoms with Gasteiger partial charge in [-0.3, -0.25) is 4.79 Å². The van der Waals surface area contributed by atoms with Crippen molar-refractivity contribution in [2.24, 2.45) is 10.8 Å². The molecule has 1 aliphatic carbocycles. The van der Waals surface area contributed by atoms with Crippen LogP contribution in [0.15, 0.2) is 119 Å². The monoisotopic (exact) mass is 584 g/mol. The van der Waals surface area contributed by atoms with Gasteiger partial charge >= 0.3 is 0 Å². The summed E-state index contributed by atoms with van der Waals surface area (Å²) in [5, 5.41) is 10.1. The number of ketones is 2. The molecule has 1 N–H and O–H groups in total. The second-order valence-electron chi connectivity index (χ2n) is 13.4. The van der Waals surface area contributed by atoms with E-state index in [4.69, 9.17) is 0 Å². The first-order chi connectivity index (χ1) is 20.0. The summed E-state index contributed by atoms with van der Waals surface area (Å²) in [7, 11) is 0. The molecule has 3 nitrogen and oxygen atoms in total. The van der Waals surface area contributed by atoms with E-state index in [2.05, 4.69) is 84.1 Å². The molecule has 0 heterocycles. The molecule has 3 heteroatoms. The average Bonchev–Trinajstić information content (AvgIpc) is 2.88. The van der Waals surface area contributed by atoms with Gasteiger partial charge in [0.2, 0.25) is 0 Å². The Bertz CT molecular complexity index is 1280. The van der Waals surface area contributed by atoms with E-state index < -0.39 is 5.41 Å². The maximum atomic E-state index is 12.6. The van der Waals surface area contributed by atoms with Crippen LogP contribution in [0.2, 0.25) is 0 Å². The van der Waals surface area contributed by atoms with E-state index in [1.54, 1.807) is 13.0 Å². The minimum absolute atomic E-state index is 0.00629. The van der Waals surface area contributed by atoms with E-state index in [1.807, 2.05) is 57.2 Å². The summed E-state index contributed by atoms with van der Waals surface area (Å²) in [6.45, 7) is 20.2. The summed E-state index contributed by atoms with van der Waals surface area (Å²) in [4.78, 5) is 23.7. The van der Waals surface area contributed by atoms with Gasteiger partial charge in [0.1, 0.15) is 5.78 Å². The molecule has 0 aliphatic heterocycles. The highest BCUT2D eigenvalue weighted by molar-refractivity contribution is 5.94. The summed E-state index contributed by atoms with van der Waals surface area (Å²) in [5.41, 5.74) is 6.62. The molecule has 0 fully saturated rings. The minimum Gasteiger partial charge on any atom is -0.393 e. The fourth-order valence-electron chi connectivity index (χ4n) is 5.07. The number of hydrogen-bond donors (Lipinski definition) is 1. The van der Waals surface area contributed by atoms with E-state index in [-0.39, 0.29) is 23.1 Å². The second kappa shape index (κ2) is 18.4. The molecule has 0 radical (unpaired) electrons. The van der Waals surface area contributed by atoms with Crippen LogP contribution in [0.5, 0.6) is 0 Å². The van der Waals surface area contributed by atoms with Crippen LogP contribution < -0.4 is 0 Å². The predicted molar refractivity (Wildman–Crippen MR) is 186 cm³/mol. The Morgan fingerprint density at radius 3 is 1.79 bits per heavy atom. The van der Waals surface area contributed by atoms with Gasteiger partial charge in [-0.15, -0.1) is 0 Å². The lowest BCUT2D eigenvalue weighted by atomic mass is 9.71. The number of carbonyl (C=O) groups is 2. The average molecular weight is 585 g/mol. The first kappa shape index (κ1) is 37.7. The molecule has 0 amide bonds. The van der Waals surface area contributed by atoms with Gasteiger partial charge in [-0.25, -0.2) is 0 Å². The molecule has 1 aliphatic rings. The number of carbonyl (C=O) groups excluding carboxylic acids is 2. The molecule has 0 aromatic carbocycles. The van der Waals surface area contributed by atoms with Crippen LogP contribution in [-0.4, -0.2) is 22.8 Å². The van der Waals surface area contributed by atoms with Crippen LogP contribution in [0.25, 0.3) is 0 Å². The zero-order valence-electron chi connectivity index (χ0n) is 28.5. The SMILES string of the molecule is CC(=O)CCCC(C)(C)C(=O)/C=C/C(C)=C/C=C/C(C)=C/C=C/C=C(C)/C=C/C=C(C)\C=C\C1=C(C)CC(O)CC1(C)C. The number of hydrogen-bond acceptors (Lipinski definition) is 3. The summed E-state index contributed by atoms with van der Waals surface area (Å²) in [6.07, 6.45) is 31.7. The fraction of sp³-hybridized carbons (Fsp3) is 0.450. The first-order valence-corrected chi connectivity index (χ1v) is 15.5. The van der Waals surface area contributed by atoms with Gasteiger partial charge < -0.3 is 9.90 Å². The summed E-state index contributed by atoms with van der Waals surface area (Å²) < 4.78 is 0. The highest BCUT2D eigenvalue weighted by Crippen LogP contribution is 2.41. The molecule has 0 spiro atoms. The van der Waals surface area contributed by atoms with Crippen molar-refractivity contribution in [3.63, 3.8) is 0 Å². The van der Waals surface area contributed by atoms with Crippen LogP contribution in [0.4, 0.5) is 0 Å². The number of allylic oxidation sites excluding steroid dienone is 19. The largest absolute Gasteiger partial charge is 0.393 e. The molecule has 0 aromatic rings. The highest BCUT2D eigenvalue weighted by atomic mass is 16.3. The van der Waals surface area contributed by atoms with Crippen molar-refractivity contribution in [1.29, 1.82) is 0 Å². The Balaban J connectivity index is 2.63. The minimum atomic E-state index is -0.459. The Labute approximate surface area is 262 Å². The molecule has 0 bridgehead atoms. The maximum Gasteiger partial charge on any atom is 0.161 e. The van der Waals surface area contributed by atoms with Gasteiger partial charge in [-0.2, -0.15) is 0 Å². The highest BCUT2D eigenvalue weighted by Gasteiger charge is 2.31. The smallest absolute Gasteiger partial charge is 0.161 e. The molecule has 0 aromatic heterocycles. The lowest BCUT2D eigenvalue weighted by Gasteiger charge is -2.35. The van der Waals surface area contributed by atoms with Crippen molar-refractivity contribution in [1.82, 2.24) is 0 Å². The van der Waals surface area contributed by atoms with Gasteiger partial charge in [0.15, 0.2) is 5.78 Å². The Hall–Kier alpha value is -3.30. The van der Waals surface area contributed by atoms with Gasteiger partial charge in [-0.1, -0.05) is 135 Å². The third-order valence-electron chi connectivity index (χ3n) is 7.75. The molecule has 0 saturated carbocycles. The van der Waals surface area contributed by atoms with Crippen LogP contribution in [0.3, 0.4) is 0 Å². The van der Waals surface area contributed by atoms with E-state index in [0.29, 0.717) is 12.8 Å². The number of rotatable bonds is 15. The molecule has 43 heavy (non-hydrogen) atoms. The van der Waals surface area contributed by atoms with Crippen molar-refractivity contribution in [3.8, 4) is 0 Å². The normalized spacial score (nSPS) is 19.7. The number of Topliss-reactive ketones (excluding diaryl/α,β-unsaturated/α-hetero) is 1. The summed E-state index contributed by atoms with van der Waals surface area (Å²) >= 11 is 0. The van der Waals surface area contributed by atoms with Gasteiger partial charge in [0.05, 0.1) is 6.10 Å². The van der Waals surface area contributed by atoms with E-state index in [9.17, 15) is 14.7 Å². The number of aliphatic hydroxyl groups excluding tert-OH is 1. The topological polar surface area (TPSA) is 54.4 Å². The van der Waals surface area contributed by atoms with E-state index in [0.717, 1.165) is 36.0 Å². The van der Waals surface area contributed by atoms with Crippen molar-refractivity contribution in [2.75, 3.05) is 0 Å². The van der Waals surface area contributed by atoms with Crippen LogP contribution in [-0.2, 0) is 9.59 Å². The molecular formula is C40H56O3. The number of aliphatic hydroxyl groups is 1. The molecule has 1 atom stereocenters. The second-order valence-corrected chi connectivity index (χ2v) is 13.4. The molecule has 1 unspecified atom stereocenters. The molecule has 0 saturated heterocycles. The third-order valence-corrected chi connectivity index (χ3v) is 7.75. The van der Waals surface area contributed by atoms with Gasteiger partial charge in [0, 0.05) is 11.8 Å². The molecule has 234 valence electrons. The fourth-order valence-corrected chi connectivity index (χ4v) is 5.07. The lowest BCUT2D eigenvalue weighted by Crippen LogP contribution is -2.28. The zero-order chi connectivity index (χ0) is 32.6. The Kier molecular flexibility index (Phi) is 16.1. The Morgan fingerprint density at radius 2 is 1.28 bits per heavy atom. The zero-order valence-corrected chi connectivity index (χ0v) is 28.5. The van der Waals surface area contributed by atoms with Crippen molar-refractivity contribution in [3.05, 3.63) is 119 Å². The van der Waals surface area contributed by atoms with Crippen LogP contribution in [0.1, 0.15) is 101 Å². The van der Waals surface area contributed by atoms with E-state index in [1.165, 1.54) is 16.7 Å². The Morgan fingerprint density at radius 1 is 0.791 bits per heavy atom.